The molecule has 0 radical (unpaired) electrons. The van der Waals surface area contributed by atoms with E-state index in [4.69, 9.17) is 10.8 Å². The van der Waals surface area contributed by atoms with Crippen LogP contribution in [0.5, 0.6) is 0 Å². The number of carboxylic acids is 1. The highest BCUT2D eigenvalue weighted by Crippen LogP contribution is 1.92. The minimum atomic E-state index is -0.711. The normalized spacial score (nSPS) is 10.1. The number of unbranched alkanes of at least 4 members (excludes halogenated alkanes) is 1. The molecule has 0 saturated carbocycles. The Labute approximate surface area is 73.1 Å². The number of rotatable bonds is 8. The van der Waals surface area contributed by atoms with E-state index in [1.807, 2.05) is 0 Å². The first-order chi connectivity index (χ1) is 5.77. The molecule has 0 amide bonds. The zero-order chi connectivity index (χ0) is 9.23. The minimum Gasteiger partial charge on any atom is -0.481 e. The van der Waals surface area contributed by atoms with Crippen LogP contribution in [-0.4, -0.2) is 30.7 Å². The quantitative estimate of drug-likeness (QED) is 0.459. The highest BCUT2D eigenvalue weighted by atomic mass is 16.4. The molecule has 0 aliphatic rings. The summed E-state index contributed by atoms with van der Waals surface area (Å²) < 4.78 is 0. The molecule has 0 spiro atoms. The van der Waals surface area contributed by atoms with Crippen molar-refractivity contribution in [1.29, 1.82) is 0 Å². The lowest BCUT2D eigenvalue weighted by atomic mass is 10.2. The molecule has 12 heavy (non-hydrogen) atoms. The molecule has 0 fully saturated rings. The summed E-state index contributed by atoms with van der Waals surface area (Å²) in [4.78, 5) is 10.1. The zero-order valence-electron chi connectivity index (χ0n) is 7.38. The van der Waals surface area contributed by atoms with Crippen molar-refractivity contribution in [1.82, 2.24) is 5.32 Å². The van der Waals surface area contributed by atoms with Crippen LogP contribution >= 0.6 is 0 Å². The Morgan fingerprint density at radius 3 is 2.50 bits per heavy atom. The SMILES string of the molecule is NCCCNCCCCC(=O)O. The molecule has 72 valence electrons. The van der Waals surface area contributed by atoms with Crippen LogP contribution in [-0.2, 0) is 4.79 Å². The Kier molecular flexibility index (Phi) is 8.05. The Hall–Kier alpha value is -0.610. The third-order valence-electron chi connectivity index (χ3n) is 1.55. The van der Waals surface area contributed by atoms with Gasteiger partial charge in [0, 0.05) is 6.42 Å². The Morgan fingerprint density at radius 1 is 1.25 bits per heavy atom. The molecular formula is C8H18N2O2. The van der Waals surface area contributed by atoms with Crippen LogP contribution in [0.2, 0.25) is 0 Å². The van der Waals surface area contributed by atoms with Crippen LogP contribution in [0, 0.1) is 0 Å². The number of nitrogens with one attached hydrogen (secondary N) is 1. The molecule has 0 heterocycles. The van der Waals surface area contributed by atoms with Gasteiger partial charge in [-0.15, -0.1) is 0 Å². The van der Waals surface area contributed by atoms with Crippen LogP contribution < -0.4 is 11.1 Å². The average Bonchev–Trinajstić information content (AvgIpc) is 2.02. The van der Waals surface area contributed by atoms with Gasteiger partial charge in [0.25, 0.3) is 0 Å². The van der Waals surface area contributed by atoms with Gasteiger partial charge in [0.15, 0.2) is 0 Å². The van der Waals surface area contributed by atoms with Gasteiger partial charge in [-0.2, -0.15) is 0 Å². The summed E-state index contributed by atoms with van der Waals surface area (Å²) in [6.45, 7) is 2.54. The molecule has 0 atom stereocenters. The van der Waals surface area contributed by atoms with Gasteiger partial charge in [-0.05, 0) is 38.9 Å². The summed E-state index contributed by atoms with van der Waals surface area (Å²) >= 11 is 0. The molecule has 4 heteroatoms. The molecule has 4 N–H and O–H groups in total. The van der Waals surface area contributed by atoms with E-state index in [1.54, 1.807) is 0 Å². The van der Waals surface area contributed by atoms with Crippen LogP contribution in [0.15, 0.2) is 0 Å². The molecule has 0 bridgehead atoms. The summed E-state index contributed by atoms with van der Waals surface area (Å²) in [5.74, 6) is -0.711. The Bertz CT molecular complexity index is 118. The van der Waals surface area contributed by atoms with E-state index >= 15 is 0 Å². The fourth-order valence-corrected chi connectivity index (χ4v) is 0.878. The van der Waals surface area contributed by atoms with Crippen molar-refractivity contribution in [2.45, 2.75) is 25.7 Å². The molecule has 0 unspecified atom stereocenters. The summed E-state index contributed by atoms with van der Waals surface area (Å²) in [7, 11) is 0. The van der Waals surface area contributed by atoms with E-state index in [9.17, 15) is 4.79 Å². The number of aliphatic carboxylic acids is 1. The fraction of sp³-hybridized carbons (Fsp3) is 0.875. The van der Waals surface area contributed by atoms with E-state index < -0.39 is 5.97 Å². The first-order valence-electron chi connectivity index (χ1n) is 4.40. The molecule has 0 saturated heterocycles. The second kappa shape index (κ2) is 8.49. The van der Waals surface area contributed by atoms with E-state index in [2.05, 4.69) is 5.32 Å². The van der Waals surface area contributed by atoms with Crippen LogP contribution in [0.4, 0.5) is 0 Å². The molecule has 4 nitrogen and oxygen atoms in total. The van der Waals surface area contributed by atoms with Crippen LogP contribution in [0.25, 0.3) is 0 Å². The average molecular weight is 174 g/mol. The van der Waals surface area contributed by atoms with Gasteiger partial charge < -0.3 is 16.2 Å². The molecule has 0 aromatic carbocycles. The number of carboxylic acid groups (broad SMARTS) is 1. The second-order valence-corrected chi connectivity index (χ2v) is 2.74. The Balaban J connectivity index is 2.86. The number of carbonyl (C=O) groups is 1. The van der Waals surface area contributed by atoms with Crippen molar-refractivity contribution in [3.63, 3.8) is 0 Å². The summed E-state index contributed by atoms with van der Waals surface area (Å²) in [5, 5.41) is 11.5. The third-order valence-corrected chi connectivity index (χ3v) is 1.55. The predicted molar refractivity (Wildman–Crippen MR) is 48.0 cm³/mol. The van der Waals surface area contributed by atoms with E-state index in [1.165, 1.54) is 0 Å². The lowest BCUT2D eigenvalue weighted by Gasteiger charge is -2.01. The van der Waals surface area contributed by atoms with Gasteiger partial charge in [0.1, 0.15) is 0 Å². The lowest BCUT2D eigenvalue weighted by molar-refractivity contribution is -0.137. The second-order valence-electron chi connectivity index (χ2n) is 2.74. The van der Waals surface area contributed by atoms with Gasteiger partial charge in [-0.1, -0.05) is 0 Å². The van der Waals surface area contributed by atoms with Gasteiger partial charge in [0.2, 0.25) is 0 Å². The standard InChI is InChI=1S/C8H18N2O2/c9-5-3-7-10-6-2-1-4-8(11)12/h10H,1-7,9H2,(H,11,12). The van der Waals surface area contributed by atoms with Crippen molar-refractivity contribution < 1.29 is 9.90 Å². The summed E-state index contributed by atoms with van der Waals surface area (Å²) in [5.41, 5.74) is 5.29. The zero-order valence-corrected chi connectivity index (χ0v) is 7.38. The summed E-state index contributed by atoms with van der Waals surface area (Å²) in [6.07, 6.45) is 2.94. The van der Waals surface area contributed by atoms with Crippen molar-refractivity contribution in [3.05, 3.63) is 0 Å². The highest BCUT2D eigenvalue weighted by molar-refractivity contribution is 5.66. The maximum Gasteiger partial charge on any atom is 0.303 e. The molecule has 0 aliphatic heterocycles. The highest BCUT2D eigenvalue weighted by Gasteiger charge is 1.95. The molecule has 0 aromatic rings. The van der Waals surface area contributed by atoms with Crippen LogP contribution in [0.1, 0.15) is 25.7 Å². The first-order valence-corrected chi connectivity index (χ1v) is 4.40. The van der Waals surface area contributed by atoms with Crippen molar-refractivity contribution in [2.24, 2.45) is 5.73 Å². The number of hydrogen-bond acceptors (Lipinski definition) is 3. The molecule has 0 aliphatic carbocycles. The summed E-state index contributed by atoms with van der Waals surface area (Å²) in [6, 6.07) is 0. The smallest absolute Gasteiger partial charge is 0.303 e. The number of nitrogens with two attached hydrogens (primary N) is 1. The van der Waals surface area contributed by atoms with E-state index in [-0.39, 0.29) is 6.42 Å². The monoisotopic (exact) mass is 174 g/mol. The largest absolute Gasteiger partial charge is 0.481 e. The minimum absolute atomic E-state index is 0.276. The van der Waals surface area contributed by atoms with Gasteiger partial charge in [-0.3, -0.25) is 4.79 Å². The maximum atomic E-state index is 10.1. The maximum absolute atomic E-state index is 10.1. The topological polar surface area (TPSA) is 75.3 Å². The van der Waals surface area contributed by atoms with Gasteiger partial charge in [0.05, 0.1) is 0 Å². The van der Waals surface area contributed by atoms with Gasteiger partial charge in [-0.25, -0.2) is 0 Å². The Morgan fingerprint density at radius 2 is 1.92 bits per heavy atom. The molecule has 0 aromatic heterocycles. The first kappa shape index (κ1) is 11.4. The van der Waals surface area contributed by atoms with Gasteiger partial charge >= 0.3 is 5.97 Å². The van der Waals surface area contributed by atoms with E-state index in [0.29, 0.717) is 6.54 Å². The van der Waals surface area contributed by atoms with Crippen molar-refractivity contribution in [3.8, 4) is 0 Å². The third kappa shape index (κ3) is 9.39. The molecule has 0 rings (SSSR count). The molecular weight excluding hydrogens is 156 g/mol. The van der Waals surface area contributed by atoms with Crippen LogP contribution in [0.3, 0.4) is 0 Å². The fourth-order valence-electron chi connectivity index (χ4n) is 0.878. The number of hydrogen-bond donors (Lipinski definition) is 3. The lowest BCUT2D eigenvalue weighted by Crippen LogP contribution is -2.19. The van der Waals surface area contributed by atoms with Crippen molar-refractivity contribution >= 4 is 5.97 Å². The van der Waals surface area contributed by atoms with Crippen molar-refractivity contribution in [2.75, 3.05) is 19.6 Å². The predicted octanol–water partition coefficient (Wildman–Crippen LogP) is 0.180. The van der Waals surface area contributed by atoms with E-state index in [0.717, 1.165) is 32.4 Å².